The summed E-state index contributed by atoms with van der Waals surface area (Å²) < 4.78 is 54.1. The van der Waals surface area contributed by atoms with E-state index >= 15 is 0 Å². The molecule has 3 aromatic carbocycles. The van der Waals surface area contributed by atoms with Gasteiger partial charge in [-0.05, 0) is 55.4 Å². The maximum absolute atomic E-state index is 12.8. The standard InChI is InChI=1S/C22H23N3O5S2/c1-16-11-12-20(32(29,30)24-15-17-7-4-3-5-8-17)14-21(16)22(26)25-18-9-6-10-19(13-18)31(27,28)23-2/h3-14,23-24H,15H2,1-2H3,(H,25,26). The van der Waals surface area contributed by atoms with E-state index in [4.69, 9.17) is 0 Å². The fourth-order valence-electron chi connectivity index (χ4n) is 2.93. The average molecular weight is 474 g/mol. The van der Waals surface area contributed by atoms with Gasteiger partial charge in [0, 0.05) is 17.8 Å². The SMILES string of the molecule is CNS(=O)(=O)c1cccc(NC(=O)c2cc(S(=O)(=O)NCc3ccccc3)ccc2C)c1. The second kappa shape index (κ2) is 9.61. The molecule has 10 heteroatoms. The number of carbonyl (C=O) groups excluding carboxylic acids is 1. The van der Waals surface area contributed by atoms with Crippen molar-refractivity contribution in [1.82, 2.24) is 9.44 Å². The Hall–Kier alpha value is -3.05. The molecule has 0 aliphatic heterocycles. The van der Waals surface area contributed by atoms with Crippen LogP contribution >= 0.6 is 0 Å². The zero-order valence-electron chi connectivity index (χ0n) is 17.5. The third-order valence-electron chi connectivity index (χ3n) is 4.74. The summed E-state index contributed by atoms with van der Waals surface area (Å²) in [6.45, 7) is 1.80. The summed E-state index contributed by atoms with van der Waals surface area (Å²) in [6.07, 6.45) is 0. The zero-order chi connectivity index (χ0) is 23.4. The molecule has 1 amide bonds. The van der Waals surface area contributed by atoms with Crippen LogP contribution in [0.25, 0.3) is 0 Å². The predicted molar refractivity (Wildman–Crippen MR) is 122 cm³/mol. The molecule has 0 unspecified atom stereocenters. The van der Waals surface area contributed by atoms with Crippen LogP contribution in [0.1, 0.15) is 21.5 Å². The van der Waals surface area contributed by atoms with Crippen molar-refractivity contribution < 1.29 is 21.6 Å². The Morgan fingerprint density at radius 2 is 1.50 bits per heavy atom. The van der Waals surface area contributed by atoms with Crippen LogP contribution in [0, 0.1) is 6.92 Å². The zero-order valence-corrected chi connectivity index (χ0v) is 19.1. The Morgan fingerprint density at radius 1 is 0.812 bits per heavy atom. The smallest absolute Gasteiger partial charge is 0.255 e. The van der Waals surface area contributed by atoms with Crippen LogP contribution in [-0.4, -0.2) is 29.8 Å². The quantitative estimate of drug-likeness (QED) is 0.464. The number of hydrogen-bond donors (Lipinski definition) is 3. The minimum atomic E-state index is -3.85. The van der Waals surface area contributed by atoms with E-state index in [9.17, 15) is 21.6 Å². The molecule has 0 saturated carbocycles. The molecule has 0 aromatic heterocycles. The number of amides is 1. The van der Waals surface area contributed by atoms with Crippen molar-refractivity contribution in [2.75, 3.05) is 12.4 Å². The van der Waals surface area contributed by atoms with Gasteiger partial charge in [-0.25, -0.2) is 26.3 Å². The number of hydrogen-bond acceptors (Lipinski definition) is 5. The number of anilines is 1. The lowest BCUT2D eigenvalue weighted by Crippen LogP contribution is -2.24. The molecule has 0 atom stereocenters. The molecule has 0 spiro atoms. The molecule has 0 radical (unpaired) electrons. The van der Waals surface area contributed by atoms with Gasteiger partial charge < -0.3 is 5.32 Å². The average Bonchev–Trinajstić information content (AvgIpc) is 2.78. The summed E-state index contributed by atoms with van der Waals surface area (Å²) in [7, 11) is -6.23. The van der Waals surface area contributed by atoms with E-state index in [1.165, 1.54) is 37.4 Å². The van der Waals surface area contributed by atoms with Crippen LogP contribution in [0.5, 0.6) is 0 Å². The molecular weight excluding hydrogens is 450 g/mol. The van der Waals surface area contributed by atoms with Crippen molar-refractivity contribution in [1.29, 1.82) is 0 Å². The Kier molecular flexibility index (Phi) is 7.09. The second-order valence-corrected chi connectivity index (χ2v) is 10.6. The minimum Gasteiger partial charge on any atom is -0.322 e. The first-order valence-electron chi connectivity index (χ1n) is 9.61. The molecule has 8 nitrogen and oxygen atoms in total. The lowest BCUT2D eigenvalue weighted by Gasteiger charge is -2.12. The van der Waals surface area contributed by atoms with E-state index < -0.39 is 26.0 Å². The predicted octanol–water partition coefficient (Wildman–Crippen LogP) is 2.63. The maximum Gasteiger partial charge on any atom is 0.255 e. The van der Waals surface area contributed by atoms with E-state index in [2.05, 4.69) is 14.8 Å². The van der Waals surface area contributed by atoms with Crippen molar-refractivity contribution in [3.05, 3.63) is 89.5 Å². The van der Waals surface area contributed by atoms with E-state index in [1.54, 1.807) is 31.2 Å². The number of nitrogens with one attached hydrogen (secondary N) is 3. The van der Waals surface area contributed by atoms with Crippen LogP contribution in [0.4, 0.5) is 5.69 Å². The van der Waals surface area contributed by atoms with E-state index in [0.29, 0.717) is 5.56 Å². The van der Waals surface area contributed by atoms with Gasteiger partial charge in [0.05, 0.1) is 9.79 Å². The topological polar surface area (TPSA) is 121 Å². The third-order valence-corrected chi connectivity index (χ3v) is 7.55. The molecule has 0 bridgehead atoms. The fourth-order valence-corrected chi connectivity index (χ4v) is 4.75. The Bertz CT molecular complexity index is 1340. The molecular formula is C22H23N3O5S2. The van der Waals surface area contributed by atoms with Crippen LogP contribution in [-0.2, 0) is 26.6 Å². The van der Waals surface area contributed by atoms with E-state index in [0.717, 1.165) is 5.56 Å². The molecule has 3 N–H and O–H groups in total. The van der Waals surface area contributed by atoms with Crippen molar-refractivity contribution in [3.8, 4) is 0 Å². The number of rotatable bonds is 8. The molecule has 168 valence electrons. The van der Waals surface area contributed by atoms with E-state index in [1.807, 2.05) is 18.2 Å². The largest absolute Gasteiger partial charge is 0.322 e. The van der Waals surface area contributed by atoms with Crippen molar-refractivity contribution in [2.45, 2.75) is 23.3 Å². The minimum absolute atomic E-state index is 0.00374. The summed E-state index contributed by atoms with van der Waals surface area (Å²) in [5.74, 6) is -0.554. The van der Waals surface area contributed by atoms with Gasteiger partial charge in [-0.3, -0.25) is 4.79 Å². The Morgan fingerprint density at radius 3 is 2.19 bits per heavy atom. The highest BCUT2D eigenvalue weighted by Crippen LogP contribution is 2.20. The number of benzene rings is 3. The normalized spacial score (nSPS) is 11.8. The maximum atomic E-state index is 12.8. The second-order valence-electron chi connectivity index (χ2n) is 6.98. The van der Waals surface area contributed by atoms with Gasteiger partial charge in [0.1, 0.15) is 0 Å². The first kappa shape index (κ1) is 23.6. The summed E-state index contributed by atoms with van der Waals surface area (Å²) in [5.41, 5.74) is 1.80. The van der Waals surface area contributed by atoms with Gasteiger partial charge in [-0.15, -0.1) is 0 Å². The molecule has 0 aliphatic rings. The lowest BCUT2D eigenvalue weighted by atomic mass is 10.1. The van der Waals surface area contributed by atoms with Gasteiger partial charge in [0.2, 0.25) is 20.0 Å². The van der Waals surface area contributed by atoms with E-state index in [-0.39, 0.29) is 27.6 Å². The highest BCUT2D eigenvalue weighted by molar-refractivity contribution is 7.89. The van der Waals surface area contributed by atoms with Crippen molar-refractivity contribution in [2.24, 2.45) is 0 Å². The summed E-state index contributed by atoms with van der Waals surface area (Å²) >= 11 is 0. The van der Waals surface area contributed by atoms with Crippen LogP contribution in [0.3, 0.4) is 0 Å². The van der Waals surface area contributed by atoms with Gasteiger partial charge in [-0.1, -0.05) is 42.5 Å². The van der Waals surface area contributed by atoms with Crippen LogP contribution < -0.4 is 14.8 Å². The number of carbonyl (C=O) groups is 1. The molecule has 0 saturated heterocycles. The highest BCUT2D eigenvalue weighted by atomic mass is 32.2. The number of aryl methyl sites for hydroxylation is 1. The monoisotopic (exact) mass is 473 g/mol. The van der Waals surface area contributed by atoms with Crippen molar-refractivity contribution >= 4 is 31.6 Å². The van der Waals surface area contributed by atoms with Crippen LogP contribution in [0.15, 0.2) is 82.6 Å². The molecule has 3 aromatic rings. The van der Waals surface area contributed by atoms with Gasteiger partial charge in [-0.2, -0.15) is 0 Å². The van der Waals surface area contributed by atoms with Gasteiger partial charge in [0.15, 0.2) is 0 Å². The summed E-state index contributed by atoms with van der Waals surface area (Å²) in [6, 6.07) is 19.1. The molecule has 0 fully saturated rings. The summed E-state index contributed by atoms with van der Waals surface area (Å²) in [5, 5.41) is 2.63. The Balaban J connectivity index is 1.82. The Labute approximate surface area is 187 Å². The summed E-state index contributed by atoms with van der Waals surface area (Å²) in [4.78, 5) is 12.8. The molecule has 0 aliphatic carbocycles. The molecule has 32 heavy (non-hydrogen) atoms. The molecule has 0 heterocycles. The highest BCUT2D eigenvalue weighted by Gasteiger charge is 2.19. The van der Waals surface area contributed by atoms with Gasteiger partial charge in [0.25, 0.3) is 5.91 Å². The van der Waals surface area contributed by atoms with Gasteiger partial charge >= 0.3 is 0 Å². The third kappa shape index (κ3) is 5.60. The van der Waals surface area contributed by atoms with Crippen molar-refractivity contribution in [3.63, 3.8) is 0 Å². The molecule has 3 rings (SSSR count). The first-order chi connectivity index (χ1) is 15.1. The lowest BCUT2D eigenvalue weighted by molar-refractivity contribution is 0.102. The number of sulfonamides is 2. The first-order valence-corrected chi connectivity index (χ1v) is 12.6. The van der Waals surface area contributed by atoms with Crippen LogP contribution in [0.2, 0.25) is 0 Å². The fraction of sp³-hybridized carbons (Fsp3) is 0.136.